The third-order valence-corrected chi connectivity index (χ3v) is 2.37. The van der Waals surface area contributed by atoms with Crippen LogP contribution < -0.4 is 0 Å². The van der Waals surface area contributed by atoms with Crippen molar-refractivity contribution >= 4 is 17.2 Å². The van der Waals surface area contributed by atoms with E-state index >= 15 is 0 Å². The summed E-state index contributed by atoms with van der Waals surface area (Å²) in [6.45, 7) is 1.99. The Balaban J connectivity index is 2.22. The molecule has 0 spiro atoms. The highest BCUT2D eigenvalue weighted by Gasteiger charge is 2.11. The number of halogens is 1. The molecule has 0 aromatic carbocycles. The zero-order valence-electron chi connectivity index (χ0n) is 7.50. The number of nitrogens with zero attached hydrogens (tertiary/aromatic N) is 2. The summed E-state index contributed by atoms with van der Waals surface area (Å²) in [5, 5.41) is 0.690. The van der Waals surface area contributed by atoms with Gasteiger partial charge in [-0.3, -0.25) is 9.88 Å². The van der Waals surface area contributed by atoms with Crippen molar-refractivity contribution in [3.63, 3.8) is 0 Å². The van der Waals surface area contributed by atoms with Crippen LogP contribution in [0, 0.1) is 0 Å². The van der Waals surface area contributed by atoms with Gasteiger partial charge in [-0.1, -0.05) is 17.7 Å². The minimum Gasteiger partial charge on any atom is -0.298 e. The summed E-state index contributed by atoms with van der Waals surface area (Å²) in [5.41, 5.74) is 2.33. The van der Waals surface area contributed by atoms with E-state index in [1.165, 1.54) is 5.57 Å². The Bertz CT molecular complexity index is 329. The first-order valence-corrected chi connectivity index (χ1v) is 4.63. The van der Waals surface area contributed by atoms with Gasteiger partial charge in [-0.05, 0) is 24.8 Å². The molecule has 3 heteroatoms. The molecule has 2 nitrogen and oxygen atoms in total. The molecule has 0 aliphatic carbocycles. The van der Waals surface area contributed by atoms with Gasteiger partial charge in [0.1, 0.15) is 0 Å². The molecule has 0 unspecified atom stereocenters. The summed E-state index contributed by atoms with van der Waals surface area (Å²) in [6, 6.07) is 3.84. The van der Waals surface area contributed by atoms with Crippen molar-refractivity contribution in [2.45, 2.75) is 0 Å². The Kier molecular flexibility index (Phi) is 2.34. The highest BCUT2D eigenvalue weighted by Crippen LogP contribution is 2.18. The van der Waals surface area contributed by atoms with Gasteiger partial charge in [-0.2, -0.15) is 0 Å². The fourth-order valence-electron chi connectivity index (χ4n) is 1.44. The molecule has 1 aromatic heterocycles. The number of hydrogen-bond donors (Lipinski definition) is 0. The average Bonchev–Trinajstić information content (AvgIpc) is 2.53. The van der Waals surface area contributed by atoms with Gasteiger partial charge in [0.2, 0.25) is 0 Å². The minimum absolute atomic E-state index is 0.690. The summed E-state index contributed by atoms with van der Waals surface area (Å²) < 4.78 is 0. The molecular formula is C10H11ClN2. The van der Waals surface area contributed by atoms with Crippen LogP contribution in [0.15, 0.2) is 24.4 Å². The summed E-state index contributed by atoms with van der Waals surface area (Å²) in [4.78, 5) is 6.51. The second kappa shape index (κ2) is 3.48. The Hall–Kier alpha value is -0.860. The van der Waals surface area contributed by atoms with Crippen molar-refractivity contribution in [2.75, 3.05) is 20.1 Å². The summed E-state index contributed by atoms with van der Waals surface area (Å²) in [7, 11) is 2.10. The lowest BCUT2D eigenvalue weighted by atomic mass is 10.2. The zero-order valence-corrected chi connectivity index (χ0v) is 8.25. The molecule has 0 fully saturated rings. The summed E-state index contributed by atoms with van der Waals surface area (Å²) >= 11 is 5.75. The normalized spacial score (nSPS) is 17.5. The van der Waals surface area contributed by atoms with Gasteiger partial charge in [-0.15, -0.1) is 0 Å². The van der Waals surface area contributed by atoms with E-state index in [1.807, 2.05) is 12.1 Å². The predicted octanol–water partition coefficient (Wildman–Crippen LogP) is 2.06. The van der Waals surface area contributed by atoms with E-state index in [-0.39, 0.29) is 0 Å². The van der Waals surface area contributed by atoms with Crippen LogP contribution in [0.2, 0.25) is 5.02 Å². The molecule has 1 aliphatic heterocycles. The fraction of sp³-hybridized carbons (Fsp3) is 0.300. The molecule has 1 aromatic rings. The predicted molar refractivity (Wildman–Crippen MR) is 54.7 cm³/mol. The van der Waals surface area contributed by atoms with Crippen molar-refractivity contribution in [1.29, 1.82) is 0 Å². The van der Waals surface area contributed by atoms with Gasteiger partial charge >= 0.3 is 0 Å². The van der Waals surface area contributed by atoms with Gasteiger partial charge in [0.05, 0.1) is 10.7 Å². The molecule has 0 radical (unpaired) electrons. The minimum atomic E-state index is 0.690. The van der Waals surface area contributed by atoms with Crippen molar-refractivity contribution in [1.82, 2.24) is 9.88 Å². The second-order valence-electron chi connectivity index (χ2n) is 3.29. The van der Waals surface area contributed by atoms with Crippen LogP contribution in [0.3, 0.4) is 0 Å². The molecule has 0 amide bonds. The third-order valence-electron chi connectivity index (χ3n) is 2.15. The number of aromatic nitrogens is 1. The Labute approximate surface area is 82.8 Å². The zero-order chi connectivity index (χ0) is 9.26. The van der Waals surface area contributed by atoms with E-state index in [9.17, 15) is 0 Å². The van der Waals surface area contributed by atoms with Crippen molar-refractivity contribution in [3.8, 4) is 0 Å². The molecule has 0 N–H and O–H groups in total. The fourth-order valence-corrected chi connectivity index (χ4v) is 1.55. The van der Waals surface area contributed by atoms with E-state index in [4.69, 9.17) is 11.6 Å². The molecule has 2 rings (SSSR count). The standard InChI is InChI=1S/C10H11ClN2/c1-13-5-4-8(7-13)10-3-2-9(11)6-12-10/h2-4,6H,5,7H2,1H3. The van der Waals surface area contributed by atoms with E-state index in [0.29, 0.717) is 5.02 Å². The summed E-state index contributed by atoms with van der Waals surface area (Å²) in [5.74, 6) is 0. The van der Waals surface area contributed by atoms with Crippen molar-refractivity contribution in [2.24, 2.45) is 0 Å². The molecule has 0 bridgehead atoms. The maximum atomic E-state index is 5.75. The monoisotopic (exact) mass is 194 g/mol. The molecule has 0 saturated heterocycles. The second-order valence-corrected chi connectivity index (χ2v) is 3.72. The average molecular weight is 195 g/mol. The first-order valence-electron chi connectivity index (χ1n) is 4.25. The number of hydrogen-bond acceptors (Lipinski definition) is 2. The van der Waals surface area contributed by atoms with E-state index in [2.05, 4.69) is 23.0 Å². The number of likely N-dealkylation sites (N-methyl/N-ethyl adjacent to an activating group) is 1. The van der Waals surface area contributed by atoms with Crippen LogP contribution in [-0.4, -0.2) is 30.0 Å². The van der Waals surface area contributed by atoms with Crippen molar-refractivity contribution < 1.29 is 0 Å². The number of rotatable bonds is 1. The summed E-state index contributed by atoms with van der Waals surface area (Å²) in [6.07, 6.45) is 3.90. The van der Waals surface area contributed by atoms with Crippen molar-refractivity contribution in [3.05, 3.63) is 35.1 Å². The van der Waals surface area contributed by atoms with Gasteiger partial charge in [-0.25, -0.2) is 0 Å². The van der Waals surface area contributed by atoms with Gasteiger partial charge in [0.25, 0.3) is 0 Å². The highest BCUT2D eigenvalue weighted by atomic mass is 35.5. The van der Waals surface area contributed by atoms with E-state index < -0.39 is 0 Å². The quantitative estimate of drug-likeness (QED) is 0.681. The largest absolute Gasteiger partial charge is 0.298 e. The Morgan fingerprint density at radius 2 is 2.31 bits per heavy atom. The van der Waals surface area contributed by atoms with Crippen LogP contribution in [0.5, 0.6) is 0 Å². The molecule has 2 heterocycles. The van der Waals surface area contributed by atoms with Crippen LogP contribution in [0.4, 0.5) is 0 Å². The third kappa shape index (κ3) is 1.90. The molecule has 0 atom stereocenters. The van der Waals surface area contributed by atoms with Crippen LogP contribution in [-0.2, 0) is 0 Å². The molecule has 68 valence electrons. The lowest BCUT2D eigenvalue weighted by Gasteiger charge is -2.06. The lowest BCUT2D eigenvalue weighted by molar-refractivity contribution is 0.438. The lowest BCUT2D eigenvalue weighted by Crippen LogP contribution is -2.13. The molecule has 13 heavy (non-hydrogen) atoms. The van der Waals surface area contributed by atoms with Gasteiger partial charge in [0.15, 0.2) is 0 Å². The molecule has 0 saturated carbocycles. The maximum absolute atomic E-state index is 5.75. The van der Waals surface area contributed by atoms with Crippen LogP contribution >= 0.6 is 11.6 Å². The first kappa shape index (κ1) is 8.73. The van der Waals surface area contributed by atoms with E-state index in [1.54, 1.807) is 6.20 Å². The molecular weight excluding hydrogens is 184 g/mol. The first-order chi connectivity index (χ1) is 6.25. The maximum Gasteiger partial charge on any atom is 0.0673 e. The topological polar surface area (TPSA) is 16.1 Å². The SMILES string of the molecule is CN1CC=C(c2ccc(Cl)cn2)C1. The van der Waals surface area contributed by atoms with Gasteiger partial charge in [0, 0.05) is 19.3 Å². The van der Waals surface area contributed by atoms with Crippen LogP contribution in [0.1, 0.15) is 5.69 Å². The molecule has 1 aliphatic rings. The van der Waals surface area contributed by atoms with Gasteiger partial charge < -0.3 is 0 Å². The smallest absolute Gasteiger partial charge is 0.0673 e. The Morgan fingerprint density at radius 1 is 1.46 bits per heavy atom. The van der Waals surface area contributed by atoms with E-state index in [0.717, 1.165) is 18.8 Å². The number of pyridine rings is 1. The van der Waals surface area contributed by atoms with Crippen LogP contribution in [0.25, 0.3) is 5.57 Å². The Morgan fingerprint density at radius 3 is 2.85 bits per heavy atom. The highest BCUT2D eigenvalue weighted by molar-refractivity contribution is 6.30.